The molecule has 0 N–H and O–H groups in total. The van der Waals surface area contributed by atoms with Gasteiger partial charge in [0.25, 0.3) is 0 Å². The predicted molar refractivity (Wildman–Crippen MR) is 103 cm³/mol. The predicted octanol–water partition coefficient (Wildman–Crippen LogP) is 3.85. The molecule has 1 fully saturated rings. The van der Waals surface area contributed by atoms with Gasteiger partial charge >= 0.3 is 6.18 Å². The Kier molecular flexibility index (Phi) is 6.55. The zero-order valence-electron chi connectivity index (χ0n) is 16.0. The van der Waals surface area contributed by atoms with Crippen molar-refractivity contribution in [2.75, 3.05) is 26.2 Å². The van der Waals surface area contributed by atoms with Crippen LogP contribution in [0.3, 0.4) is 0 Å². The average Bonchev–Trinajstić information content (AvgIpc) is 2.94. The number of hydrogen-bond donors (Lipinski definition) is 0. The quantitative estimate of drug-likeness (QED) is 0.782. The molecule has 2 aromatic rings. The lowest BCUT2D eigenvalue weighted by Gasteiger charge is -2.22. The molecule has 3 rings (SSSR count). The number of hydrogen-bond acceptors (Lipinski definition) is 3. The number of halogens is 3. The van der Waals surface area contributed by atoms with Gasteiger partial charge < -0.3 is 4.90 Å². The van der Waals surface area contributed by atoms with Gasteiger partial charge in [-0.05, 0) is 41.8 Å². The van der Waals surface area contributed by atoms with Crippen molar-refractivity contribution in [3.8, 4) is 6.07 Å². The maximum atomic E-state index is 12.7. The van der Waals surface area contributed by atoms with Gasteiger partial charge in [-0.15, -0.1) is 0 Å². The molecule has 0 spiro atoms. The van der Waals surface area contributed by atoms with Crippen molar-refractivity contribution >= 4 is 5.91 Å². The van der Waals surface area contributed by atoms with Crippen molar-refractivity contribution in [1.29, 1.82) is 5.26 Å². The van der Waals surface area contributed by atoms with Gasteiger partial charge in [0, 0.05) is 32.7 Å². The lowest BCUT2D eigenvalue weighted by molar-refractivity contribution is -0.137. The highest BCUT2D eigenvalue weighted by atomic mass is 19.4. The van der Waals surface area contributed by atoms with Crippen molar-refractivity contribution in [2.24, 2.45) is 0 Å². The molecule has 4 nitrogen and oxygen atoms in total. The van der Waals surface area contributed by atoms with Crippen LogP contribution in [0, 0.1) is 11.3 Å². The molecule has 7 heteroatoms. The zero-order valence-corrected chi connectivity index (χ0v) is 16.0. The lowest BCUT2D eigenvalue weighted by atomic mass is 10.1. The van der Waals surface area contributed by atoms with E-state index < -0.39 is 11.7 Å². The summed E-state index contributed by atoms with van der Waals surface area (Å²) in [4.78, 5) is 16.7. The van der Waals surface area contributed by atoms with E-state index in [1.54, 1.807) is 17.0 Å². The van der Waals surface area contributed by atoms with Gasteiger partial charge in [-0.2, -0.15) is 18.4 Å². The first-order valence-electron chi connectivity index (χ1n) is 9.50. The van der Waals surface area contributed by atoms with E-state index in [0.29, 0.717) is 24.2 Å². The van der Waals surface area contributed by atoms with Gasteiger partial charge in [0.05, 0.1) is 23.6 Å². The molecule has 1 saturated heterocycles. The van der Waals surface area contributed by atoms with Crippen LogP contribution in [-0.4, -0.2) is 41.9 Å². The first kappa shape index (κ1) is 20.9. The Bertz CT molecular complexity index is 870. The summed E-state index contributed by atoms with van der Waals surface area (Å²) in [7, 11) is 0. The molecule has 1 amide bonds. The standard InChI is InChI=1S/C22H22F3N3O/c23-22(24,25)20-8-6-17(7-9-20)14-21(29)28-11-1-10-27(12-13-28)16-19-4-2-18(15-26)3-5-19/h2-9H,1,10-14,16H2. The first-order chi connectivity index (χ1) is 13.8. The van der Waals surface area contributed by atoms with Crippen LogP contribution in [0.15, 0.2) is 48.5 Å². The van der Waals surface area contributed by atoms with Gasteiger partial charge in [-0.3, -0.25) is 9.69 Å². The fourth-order valence-corrected chi connectivity index (χ4v) is 3.42. The second-order valence-corrected chi connectivity index (χ2v) is 7.19. The van der Waals surface area contributed by atoms with Crippen LogP contribution in [-0.2, 0) is 23.9 Å². The molecule has 1 aliphatic heterocycles. The monoisotopic (exact) mass is 401 g/mol. The average molecular weight is 401 g/mol. The number of benzene rings is 2. The van der Waals surface area contributed by atoms with E-state index in [-0.39, 0.29) is 12.3 Å². The fourth-order valence-electron chi connectivity index (χ4n) is 3.42. The Labute approximate surface area is 168 Å². The van der Waals surface area contributed by atoms with Crippen LogP contribution >= 0.6 is 0 Å². The Balaban J connectivity index is 1.53. The van der Waals surface area contributed by atoms with E-state index >= 15 is 0 Å². The molecule has 29 heavy (non-hydrogen) atoms. The van der Waals surface area contributed by atoms with E-state index in [1.807, 2.05) is 12.1 Å². The number of carbonyl (C=O) groups is 1. The van der Waals surface area contributed by atoms with Crippen LogP contribution in [0.4, 0.5) is 13.2 Å². The summed E-state index contributed by atoms with van der Waals surface area (Å²) in [6.07, 6.45) is -3.42. The molecule has 2 aromatic carbocycles. The molecule has 0 saturated carbocycles. The van der Waals surface area contributed by atoms with Gasteiger partial charge in [0.2, 0.25) is 5.91 Å². The zero-order chi connectivity index (χ0) is 20.9. The Morgan fingerprint density at radius 2 is 1.59 bits per heavy atom. The smallest absolute Gasteiger partial charge is 0.341 e. The number of carbonyl (C=O) groups excluding carboxylic acids is 1. The maximum Gasteiger partial charge on any atom is 0.416 e. The van der Waals surface area contributed by atoms with Crippen molar-refractivity contribution in [2.45, 2.75) is 25.6 Å². The minimum Gasteiger partial charge on any atom is -0.341 e. The topological polar surface area (TPSA) is 47.3 Å². The Hall–Kier alpha value is -2.85. The van der Waals surface area contributed by atoms with E-state index in [2.05, 4.69) is 11.0 Å². The number of rotatable bonds is 4. The molecule has 1 heterocycles. The minimum atomic E-state index is -4.37. The number of alkyl halides is 3. The molecule has 152 valence electrons. The molecule has 0 aromatic heterocycles. The highest BCUT2D eigenvalue weighted by molar-refractivity contribution is 5.78. The summed E-state index contributed by atoms with van der Waals surface area (Å²) < 4.78 is 38.0. The van der Waals surface area contributed by atoms with Gasteiger partial charge in [0.1, 0.15) is 0 Å². The van der Waals surface area contributed by atoms with E-state index in [9.17, 15) is 18.0 Å². The highest BCUT2D eigenvalue weighted by Gasteiger charge is 2.30. The molecule has 0 bridgehead atoms. The van der Waals surface area contributed by atoms with Crippen molar-refractivity contribution in [3.63, 3.8) is 0 Å². The first-order valence-corrected chi connectivity index (χ1v) is 9.50. The molecule has 0 unspecified atom stereocenters. The summed E-state index contributed by atoms with van der Waals surface area (Å²) in [5.74, 6) is -0.0648. The molecule has 0 atom stereocenters. The number of nitrogens with zero attached hydrogens (tertiary/aromatic N) is 3. The van der Waals surface area contributed by atoms with Gasteiger partial charge in [0.15, 0.2) is 0 Å². The number of amides is 1. The van der Waals surface area contributed by atoms with E-state index in [0.717, 1.165) is 43.8 Å². The third-order valence-corrected chi connectivity index (χ3v) is 5.07. The summed E-state index contributed by atoms with van der Waals surface area (Å²) in [5.41, 5.74) is 1.63. The van der Waals surface area contributed by atoms with Crippen molar-refractivity contribution in [3.05, 3.63) is 70.8 Å². The van der Waals surface area contributed by atoms with Crippen molar-refractivity contribution in [1.82, 2.24) is 9.80 Å². The molecular weight excluding hydrogens is 379 g/mol. The lowest BCUT2D eigenvalue weighted by Crippen LogP contribution is -2.36. The van der Waals surface area contributed by atoms with E-state index in [4.69, 9.17) is 5.26 Å². The largest absolute Gasteiger partial charge is 0.416 e. The molecule has 0 aliphatic carbocycles. The fraction of sp³-hybridized carbons (Fsp3) is 0.364. The molecule has 0 radical (unpaired) electrons. The third kappa shape index (κ3) is 5.81. The second kappa shape index (κ2) is 9.10. The second-order valence-electron chi connectivity index (χ2n) is 7.19. The Morgan fingerprint density at radius 3 is 2.21 bits per heavy atom. The summed E-state index contributed by atoms with van der Waals surface area (Å²) in [5, 5.41) is 8.88. The van der Waals surface area contributed by atoms with Crippen LogP contribution in [0.25, 0.3) is 0 Å². The van der Waals surface area contributed by atoms with Crippen LogP contribution in [0.5, 0.6) is 0 Å². The maximum absolute atomic E-state index is 12.7. The van der Waals surface area contributed by atoms with Crippen molar-refractivity contribution < 1.29 is 18.0 Å². The third-order valence-electron chi connectivity index (χ3n) is 5.07. The SMILES string of the molecule is N#Cc1ccc(CN2CCCN(C(=O)Cc3ccc(C(F)(F)F)cc3)CC2)cc1. The summed E-state index contributed by atoms with van der Waals surface area (Å²) >= 11 is 0. The van der Waals surface area contributed by atoms with Crippen LogP contribution in [0.2, 0.25) is 0 Å². The summed E-state index contributed by atoms with van der Waals surface area (Å²) in [6, 6.07) is 14.4. The number of nitriles is 1. The van der Waals surface area contributed by atoms with Gasteiger partial charge in [-0.1, -0.05) is 24.3 Å². The van der Waals surface area contributed by atoms with Gasteiger partial charge in [-0.25, -0.2) is 0 Å². The normalized spacial score (nSPS) is 15.6. The summed E-state index contributed by atoms with van der Waals surface area (Å²) in [6.45, 7) is 3.59. The van der Waals surface area contributed by atoms with Crippen LogP contribution in [0.1, 0.15) is 28.7 Å². The Morgan fingerprint density at radius 1 is 0.931 bits per heavy atom. The van der Waals surface area contributed by atoms with E-state index in [1.165, 1.54) is 12.1 Å². The molecular formula is C22H22F3N3O. The molecule has 1 aliphatic rings. The minimum absolute atomic E-state index is 0.0648. The van der Waals surface area contributed by atoms with Crippen LogP contribution < -0.4 is 0 Å². The highest BCUT2D eigenvalue weighted by Crippen LogP contribution is 2.29.